The maximum absolute atomic E-state index is 14.2. The number of ketones is 1. The van der Waals surface area contributed by atoms with E-state index in [0.717, 1.165) is 24.3 Å². The number of benzene rings is 2. The van der Waals surface area contributed by atoms with E-state index >= 15 is 0 Å². The number of Topliss-reactive ketones (excluding diaryl/α,β-unsaturated/α-hetero) is 1. The van der Waals surface area contributed by atoms with Crippen molar-refractivity contribution in [1.82, 2.24) is 49.6 Å². The van der Waals surface area contributed by atoms with Gasteiger partial charge in [-0.1, -0.05) is 27.7 Å². The Morgan fingerprint density at radius 3 is 1.84 bits per heavy atom. The number of hydrogen-bond donors (Lipinski definition) is 3. The van der Waals surface area contributed by atoms with E-state index in [9.17, 15) is 27.2 Å². The first kappa shape index (κ1) is 44.5. The van der Waals surface area contributed by atoms with Crippen LogP contribution in [0, 0.1) is 34.8 Å². The molecule has 7 aromatic rings. The third-order valence-electron chi connectivity index (χ3n) is 7.61. The maximum Gasteiger partial charge on any atom is 1.00 e. The standard InChI is InChI=1S/C17H14F2N6O.C16H15F2N5O.CHNO.ClH.K/c1-8(2)16-23-22-13-6-5-12(24-25(13)16)15-14(20-17(26)21-15)10-4-3-9(18)7-11(10)19;1-8(2)16-21-20-13-6-5-12(22-23(13)16)14(19)15(24)10-4-3-9(17)7-11(10)18;2-1-3;;/h3-8H,1-2H3,(H2,20,21,26);3-8,14H,19H2,1-2H3;3H;1H;/q;;;;+1/p-1. The van der Waals surface area contributed by atoms with E-state index in [1.807, 2.05) is 27.7 Å². The molecule has 4 N–H and O–H groups in total. The number of fused-ring (bicyclic) bond motifs is 2. The Bertz CT molecular complexity index is 2550. The Kier molecular flexibility index (Phi) is 15.5. The third-order valence-corrected chi connectivity index (χ3v) is 7.61. The molecule has 0 saturated heterocycles. The van der Waals surface area contributed by atoms with E-state index < -0.39 is 40.8 Å². The average molecular weight is 805 g/mol. The molecule has 0 bridgehead atoms. The first-order valence-corrected chi connectivity index (χ1v) is 15.7. The quantitative estimate of drug-likeness (QED) is 0.0907. The number of imidazole rings is 1. The number of rotatable bonds is 7. The number of hydrogen-bond acceptors (Lipinski definition) is 11. The number of H-pyrrole nitrogens is 2. The van der Waals surface area contributed by atoms with Gasteiger partial charge in [0.1, 0.15) is 35.0 Å². The smallest absolute Gasteiger partial charge is 0.812 e. The number of aromatic nitrogens is 10. The molecular weight excluding hydrogens is 775 g/mol. The number of nitrogens with one attached hydrogen (secondary N) is 2. The van der Waals surface area contributed by atoms with Gasteiger partial charge in [0.05, 0.1) is 22.6 Å². The van der Waals surface area contributed by atoms with E-state index in [1.165, 1.54) is 16.6 Å². The van der Waals surface area contributed by atoms with Crippen molar-refractivity contribution in [2.24, 2.45) is 5.73 Å². The van der Waals surface area contributed by atoms with Crippen LogP contribution in [0.3, 0.4) is 0 Å². The summed E-state index contributed by atoms with van der Waals surface area (Å²) in [5.41, 5.74) is 7.42. The molecule has 5 heterocycles. The minimum absolute atomic E-state index is 0. The second kappa shape index (κ2) is 19.1. The van der Waals surface area contributed by atoms with Gasteiger partial charge in [0.2, 0.25) is 0 Å². The summed E-state index contributed by atoms with van der Waals surface area (Å²) in [5, 5.41) is 40.0. The molecule has 2 aromatic carbocycles. The fraction of sp³-hybridized carbons (Fsp3) is 0.206. The van der Waals surface area contributed by atoms with E-state index in [4.69, 9.17) is 16.1 Å². The van der Waals surface area contributed by atoms with Crippen molar-refractivity contribution in [3.63, 3.8) is 0 Å². The molecule has 0 fully saturated rings. The summed E-state index contributed by atoms with van der Waals surface area (Å²) in [6, 6.07) is 11.2. The number of nitriles is 1. The third kappa shape index (κ3) is 9.87. The second-order valence-corrected chi connectivity index (χ2v) is 12.0. The molecule has 15 nitrogen and oxygen atoms in total. The summed E-state index contributed by atoms with van der Waals surface area (Å²) < 4.78 is 57.3. The zero-order valence-corrected chi connectivity index (χ0v) is 33.7. The largest absolute Gasteiger partial charge is 1.00 e. The Hall–Kier alpha value is -4.88. The van der Waals surface area contributed by atoms with Gasteiger partial charge in [-0.15, -0.1) is 32.8 Å². The molecule has 0 radical (unpaired) electrons. The van der Waals surface area contributed by atoms with Crippen LogP contribution in [0.4, 0.5) is 17.6 Å². The van der Waals surface area contributed by atoms with Gasteiger partial charge in [-0.05, 0) is 48.5 Å². The van der Waals surface area contributed by atoms with Crippen molar-refractivity contribution in [3.05, 3.63) is 117 Å². The van der Waals surface area contributed by atoms with Crippen LogP contribution in [0.15, 0.2) is 65.5 Å². The number of nitrogens with two attached hydrogens (primary N) is 1. The van der Waals surface area contributed by atoms with E-state index in [0.29, 0.717) is 46.7 Å². The number of carbonyl (C=O) groups is 1. The summed E-state index contributed by atoms with van der Waals surface area (Å²) in [6.45, 7) is 7.79. The predicted molar refractivity (Wildman–Crippen MR) is 186 cm³/mol. The van der Waals surface area contributed by atoms with Crippen molar-refractivity contribution in [1.29, 1.82) is 5.26 Å². The zero-order valence-electron chi connectivity index (χ0n) is 29.8. The minimum atomic E-state index is -1.18. The number of aromatic amines is 2. The SMILES string of the molecule is CC(C)c1nnc2ccc(-c3[nH]c(=O)[nH]c3-c3ccc(F)cc3F)nn12.CC(C)c1nnc2ccc(C(N)C(=O)c3ccc(F)cc3F)nn12.Cl.N#C[O-].[K+]. The summed E-state index contributed by atoms with van der Waals surface area (Å²) in [7, 11) is 0. The maximum atomic E-state index is 14.2. The van der Waals surface area contributed by atoms with Crippen molar-refractivity contribution >= 4 is 29.5 Å². The van der Waals surface area contributed by atoms with Gasteiger partial charge in [-0.3, -0.25) is 4.79 Å². The van der Waals surface area contributed by atoms with Gasteiger partial charge in [-0.2, -0.15) is 19.2 Å². The molecule has 0 saturated carbocycles. The fourth-order valence-electron chi connectivity index (χ4n) is 5.11. The Morgan fingerprint density at radius 1 is 0.782 bits per heavy atom. The summed E-state index contributed by atoms with van der Waals surface area (Å²) in [5.74, 6) is -2.43. The van der Waals surface area contributed by atoms with E-state index in [-0.39, 0.29) is 98.1 Å². The van der Waals surface area contributed by atoms with Crippen LogP contribution in [0.5, 0.6) is 0 Å². The monoisotopic (exact) mass is 804 g/mol. The Labute approximate surface area is 357 Å². The molecule has 7 rings (SSSR count). The van der Waals surface area contributed by atoms with Gasteiger partial charge in [0.25, 0.3) is 0 Å². The predicted octanol–water partition coefficient (Wildman–Crippen LogP) is 1.54. The van der Waals surface area contributed by atoms with E-state index in [1.54, 1.807) is 22.7 Å². The molecule has 55 heavy (non-hydrogen) atoms. The minimum Gasteiger partial charge on any atom is -0.812 e. The van der Waals surface area contributed by atoms with Crippen molar-refractivity contribution in [2.75, 3.05) is 0 Å². The zero-order chi connectivity index (χ0) is 38.6. The van der Waals surface area contributed by atoms with Crippen LogP contribution >= 0.6 is 12.4 Å². The Morgan fingerprint density at radius 2 is 1.29 bits per heavy atom. The molecule has 1 unspecified atom stereocenters. The van der Waals surface area contributed by atoms with Gasteiger partial charge in [0, 0.05) is 35.8 Å². The van der Waals surface area contributed by atoms with Crippen LogP contribution in [-0.2, 0) is 0 Å². The van der Waals surface area contributed by atoms with Gasteiger partial charge in [0.15, 0.2) is 28.7 Å². The first-order valence-electron chi connectivity index (χ1n) is 15.7. The Balaban J connectivity index is 0.000000267. The molecule has 1 atom stereocenters. The van der Waals surface area contributed by atoms with Crippen molar-refractivity contribution < 1.29 is 78.8 Å². The number of carbonyl (C=O) groups excluding carboxylic acids is 1. The molecule has 0 aliphatic rings. The molecule has 21 heteroatoms. The van der Waals surface area contributed by atoms with Crippen LogP contribution in [-0.4, -0.2) is 55.4 Å². The number of nitrogens with zero attached hydrogens (tertiary/aromatic N) is 9. The van der Waals surface area contributed by atoms with Crippen LogP contribution in [0.1, 0.15) is 73.3 Å². The summed E-state index contributed by atoms with van der Waals surface area (Å²) in [6.07, 6.45) is 0.500. The second-order valence-electron chi connectivity index (χ2n) is 12.0. The molecule has 0 aliphatic heterocycles. The molecular formula is C34H30ClF4KN12O3. The normalized spacial score (nSPS) is 11.2. The van der Waals surface area contributed by atoms with Crippen molar-refractivity contribution in [2.45, 2.75) is 45.6 Å². The van der Waals surface area contributed by atoms with Gasteiger partial charge in [-0.25, -0.2) is 27.6 Å². The molecule has 0 spiro atoms. The molecule has 0 amide bonds. The molecule has 5 aromatic heterocycles. The molecule has 280 valence electrons. The summed E-state index contributed by atoms with van der Waals surface area (Å²) >= 11 is 0. The summed E-state index contributed by atoms with van der Waals surface area (Å²) in [4.78, 5) is 29.4. The average Bonchev–Trinajstić information content (AvgIpc) is 3.84. The fourth-order valence-corrected chi connectivity index (χ4v) is 5.11. The van der Waals surface area contributed by atoms with Crippen molar-refractivity contribution in [3.8, 4) is 28.9 Å². The van der Waals surface area contributed by atoms with E-state index in [2.05, 4.69) is 40.6 Å². The van der Waals surface area contributed by atoms with Gasteiger partial charge < -0.3 is 20.8 Å². The number of halogens is 5. The molecule has 0 aliphatic carbocycles. The van der Waals surface area contributed by atoms with Crippen LogP contribution in [0.25, 0.3) is 33.9 Å². The van der Waals surface area contributed by atoms with Gasteiger partial charge >= 0.3 is 57.1 Å². The topological polar surface area (TPSA) is 225 Å². The van der Waals surface area contributed by atoms with Crippen LogP contribution < -0.4 is 67.9 Å². The first-order chi connectivity index (χ1) is 25.2. The van der Waals surface area contributed by atoms with Crippen LogP contribution in [0.2, 0.25) is 0 Å².